The van der Waals surface area contributed by atoms with E-state index in [1.54, 1.807) is 0 Å². The lowest BCUT2D eigenvalue weighted by Gasteiger charge is -2.44. The van der Waals surface area contributed by atoms with E-state index in [-0.39, 0.29) is 0 Å². The molecule has 0 aliphatic heterocycles. The number of hydrogen-bond donors (Lipinski definition) is 0. The summed E-state index contributed by atoms with van der Waals surface area (Å²) in [7, 11) is -1.72. The second-order valence-corrected chi connectivity index (χ2v) is 16.2. The maximum Gasteiger partial charge on any atom is 0.200 e. The van der Waals surface area contributed by atoms with Gasteiger partial charge in [0.05, 0.1) is 9.93 Å². The average Bonchev–Trinajstić information content (AvgIpc) is 3.20. The fraction of sp³-hybridized carbons (Fsp3) is 0.0811. The molecular formula is C37H15BF20OS. The van der Waals surface area contributed by atoms with Crippen molar-refractivity contribution in [3.05, 3.63) is 164 Å². The lowest BCUT2D eigenvalue weighted by atomic mass is 9.12. The highest BCUT2D eigenvalue weighted by atomic mass is 32.2. The molecule has 0 amide bonds. The van der Waals surface area contributed by atoms with Crippen molar-refractivity contribution in [3.8, 4) is 0 Å². The van der Waals surface area contributed by atoms with Crippen molar-refractivity contribution in [2.75, 3.05) is 12.5 Å². The molecule has 0 unspecified atom stereocenters. The zero-order chi connectivity index (χ0) is 45.2. The van der Waals surface area contributed by atoms with Gasteiger partial charge in [-0.1, -0.05) is 42.5 Å². The van der Waals surface area contributed by atoms with Gasteiger partial charge in [0.15, 0.2) is 69.8 Å². The highest BCUT2D eigenvalue weighted by Gasteiger charge is 2.52. The molecular weight excluding hydrogens is 883 g/mol. The van der Waals surface area contributed by atoms with Gasteiger partial charge in [-0.2, -0.15) is 0 Å². The molecule has 0 bridgehead atoms. The molecule has 6 rings (SSSR count). The second-order valence-electron chi connectivity index (χ2n) is 13.0. The van der Waals surface area contributed by atoms with Gasteiger partial charge in [0.25, 0.3) is 0 Å². The van der Waals surface area contributed by atoms with E-state index in [2.05, 4.69) is 24.3 Å². The first-order chi connectivity index (χ1) is 27.8. The zero-order valence-corrected chi connectivity index (χ0v) is 30.0. The Labute approximate surface area is 323 Å². The van der Waals surface area contributed by atoms with Gasteiger partial charge < -0.3 is 0 Å². The van der Waals surface area contributed by atoms with E-state index in [1.165, 1.54) is 16.3 Å². The Morgan fingerprint density at radius 2 is 0.583 bits per heavy atom. The highest BCUT2D eigenvalue weighted by molar-refractivity contribution is 8.00. The van der Waals surface area contributed by atoms with Crippen LogP contribution in [0.1, 0.15) is 5.56 Å². The van der Waals surface area contributed by atoms with Crippen molar-refractivity contribution < 1.29 is 92.0 Å². The molecule has 0 N–H and O–H groups in total. The Balaban J connectivity index is 0.000000379. The summed E-state index contributed by atoms with van der Waals surface area (Å²) in [6.45, 7) is 0. The van der Waals surface area contributed by atoms with E-state index in [0.29, 0.717) is 5.75 Å². The highest BCUT2D eigenvalue weighted by Crippen LogP contribution is 2.31. The first kappa shape index (κ1) is 45.5. The predicted molar refractivity (Wildman–Crippen MR) is 177 cm³/mol. The topological polar surface area (TPSA) is 17.1 Å². The first-order valence-corrected chi connectivity index (χ1v) is 18.4. The van der Waals surface area contributed by atoms with Crippen molar-refractivity contribution >= 4 is 48.7 Å². The molecule has 23 heteroatoms. The molecule has 0 saturated carbocycles. The molecule has 0 aliphatic rings. The summed E-state index contributed by atoms with van der Waals surface area (Å²) in [5, 5.41) is 2.44. The minimum Gasteiger partial charge on any atom is -0.207 e. The van der Waals surface area contributed by atoms with E-state index in [0.717, 1.165) is 0 Å². The number of halogens is 20. The molecule has 0 aromatic heterocycles. The van der Waals surface area contributed by atoms with E-state index in [9.17, 15) is 56.9 Å². The summed E-state index contributed by atoms with van der Waals surface area (Å²) in [5.74, 6) is -70.7. The molecule has 0 spiro atoms. The maximum atomic E-state index is 15.4. The molecule has 1 nitrogen and oxygen atoms in total. The van der Waals surface area contributed by atoms with Gasteiger partial charge in [-0.3, -0.25) is 0 Å². The van der Waals surface area contributed by atoms with Crippen molar-refractivity contribution in [2.45, 2.75) is 5.75 Å². The Bertz CT molecular complexity index is 2420. The van der Waals surface area contributed by atoms with Crippen LogP contribution in [0.4, 0.5) is 87.8 Å². The van der Waals surface area contributed by atoms with E-state index < -0.39 is 154 Å². The third-order valence-corrected chi connectivity index (χ3v) is 10.1. The summed E-state index contributed by atoms with van der Waals surface area (Å²) < 4.78 is 306. The molecule has 0 fully saturated rings. The SMILES string of the molecule is C[S+](C)(=O)Cc1cccc2ccccc12.Fc1c(F)c(F)c([B-](c2c(F)c(F)c(F)c(F)c2F)(c2c(F)c(F)c(F)c(F)c2F)c2c(F)c(F)c(F)c(F)c2F)c(F)c1F. The maximum absolute atomic E-state index is 15.4. The molecule has 0 heterocycles. The molecule has 0 aliphatic carbocycles. The quantitative estimate of drug-likeness (QED) is 0.0537. The molecule has 318 valence electrons. The minimum absolute atomic E-state index is 0.661. The number of rotatable bonds is 6. The lowest BCUT2D eigenvalue weighted by Crippen LogP contribution is -2.81. The Kier molecular flexibility index (Phi) is 12.2. The third kappa shape index (κ3) is 7.02. The van der Waals surface area contributed by atoms with Gasteiger partial charge in [-0.25, -0.2) is 87.8 Å². The summed E-state index contributed by atoms with van der Waals surface area (Å²) in [6, 6.07) is 14.4. The van der Waals surface area contributed by atoms with Crippen LogP contribution >= 0.6 is 0 Å². The van der Waals surface area contributed by atoms with Gasteiger partial charge in [0.2, 0.25) is 0 Å². The van der Waals surface area contributed by atoms with Gasteiger partial charge >= 0.3 is 0 Å². The Morgan fingerprint density at radius 1 is 0.350 bits per heavy atom. The monoisotopic (exact) mass is 898 g/mol. The van der Waals surface area contributed by atoms with Gasteiger partial charge in [-0.05, 0) is 10.8 Å². The van der Waals surface area contributed by atoms with Gasteiger partial charge in [0, 0.05) is 5.56 Å². The van der Waals surface area contributed by atoms with E-state index in [1.807, 2.05) is 30.7 Å². The van der Waals surface area contributed by atoms with Crippen LogP contribution in [-0.2, 0) is 19.9 Å². The first-order valence-electron chi connectivity index (χ1n) is 15.9. The number of hydrogen-bond acceptors (Lipinski definition) is 1. The van der Waals surface area contributed by atoms with Crippen LogP contribution in [0.5, 0.6) is 0 Å². The van der Waals surface area contributed by atoms with Crippen LogP contribution in [-0.4, -0.2) is 18.7 Å². The van der Waals surface area contributed by atoms with Crippen molar-refractivity contribution in [1.82, 2.24) is 0 Å². The average molecular weight is 898 g/mol. The number of fused-ring (bicyclic) bond motifs is 1. The molecule has 60 heavy (non-hydrogen) atoms. The Hall–Kier alpha value is -5.61. The molecule has 6 aromatic rings. The van der Waals surface area contributed by atoms with Crippen LogP contribution in [0, 0.1) is 116 Å². The fourth-order valence-electron chi connectivity index (χ4n) is 6.67. The summed E-state index contributed by atoms with van der Waals surface area (Å²) in [4.78, 5) is 0. The van der Waals surface area contributed by atoms with Gasteiger partial charge in [0.1, 0.15) is 70.9 Å². The Morgan fingerprint density at radius 3 is 0.850 bits per heavy atom. The normalized spacial score (nSPS) is 12.0. The molecule has 0 saturated heterocycles. The van der Waals surface area contributed by atoms with Crippen LogP contribution in [0.25, 0.3) is 10.8 Å². The molecule has 0 atom stereocenters. The summed E-state index contributed by atoms with van der Waals surface area (Å²) in [6.07, 6.45) is -3.59. The standard InChI is InChI=1S/C24BF20.C13H15OS/c26-5-1(6(27)14(35)21(42)13(5)34)25(2-7(28)15(36)22(43)16(37)8(2)29,3-9(30)17(38)23(44)18(39)10(3)31)4-11(32)19(40)24(45)20(41)12(4)33;1-15(2,14)10-12-8-5-7-11-6-3-4-9-13(11)12/h;3-9H,10H2,1-2H3/q-1;+1. The zero-order valence-electron chi connectivity index (χ0n) is 29.2. The van der Waals surface area contributed by atoms with E-state index in [4.69, 9.17) is 0 Å². The second kappa shape index (κ2) is 16.1. The van der Waals surface area contributed by atoms with E-state index >= 15 is 35.1 Å². The molecule has 0 radical (unpaired) electrons. The lowest BCUT2D eigenvalue weighted by molar-refractivity contribution is 0.378. The van der Waals surface area contributed by atoms with Crippen LogP contribution < -0.4 is 21.9 Å². The van der Waals surface area contributed by atoms with Crippen LogP contribution in [0.15, 0.2) is 42.5 Å². The predicted octanol–water partition coefficient (Wildman–Crippen LogP) is 8.94. The smallest absolute Gasteiger partial charge is 0.200 e. The van der Waals surface area contributed by atoms with Crippen LogP contribution in [0.3, 0.4) is 0 Å². The largest absolute Gasteiger partial charge is 0.207 e. The van der Waals surface area contributed by atoms with Gasteiger partial charge in [-0.15, -0.1) is 26.1 Å². The summed E-state index contributed by atoms with van der Waals surface area (Å²) >= 11 is 0. The third-order valence-electron chi connectivity index (χ3n) is 9.09. The molecule has 6 aromatic carbocycles. The van der Waals surface area contributed by atoms with Crippen molar-refractivity contribution in [2.24, 2.45) is 0 Å². The summed E-state index contributed by atoms with van der Waals surface area (Å²) in [5.41, 5.74) is -13.1. The minimum atomic E-state index is -7.22. The van der Waals surface area contributed by atoms with Crippen molar-refractivity contribution in [3.63, 3.8) is 0 Å². The fourth-order valence-corrected chi connectivity index (χ4v) is 7.67. The van der Waals surface area contributed by atoms with Crippen molar-refractivity contribution in [1.29, 1.82) is 0 Å². The van der Waals surface area contributed by atoms with Crippen LogP contribution in [0.2, 0.25) is 0 Å². The number of benzene rings is 6.